The van der Waals surface area contributed by atoms with E-state index in [0.29, 0.717) is 12.1 Å². The van der Waals surface area contributed by atoms with E-state index < -0.39 is 34.9 Å². The highest BCUT2D eigenvalue weighted by atomic mass is 19.4. The maximum absolute atomic E-state index is 13.4. The number of nitrogens with zero attached hydrogens (tertiary/aromatic N) is 3. The molecule has 0 radical (unpaired) electrons. The molecule has 0 aliphatic carbocycles. The fraction of sp³-hybridized carbons (Fsp3) is 0.0870. The molecule has 174 valence electrons. The van der Waals surface area contributed by atoms with Gasteiger partial charge in [-0.15, -0.1) is 0 Å². The van der Waals surface area contributed by atoms with E-state index >= 15 is 0 Å². The monoisotopic (exact) mass is 477 g/mol. The van der Waals surface area contributed by atoms with Crippen LogP contribution in [-0.4, -0.2) is 25.2 Å². The minimum absolute atomic E-state index is 0.00143. The Labute approximate surface area is 188 Å². The van der Waals surface area contributed by atoms with Gasteiger partial charge in [0.25, 0.3) is 0 Å². The first kappa shape index (κ1) is 23.0. The van der Waals surface area contributed by atoms with Crippen LogP contribution in [0.2, 0.25) is 0 Å². The zero-order chi connectivity index (χ0) is 24.7. The molecule has 0 fully saturated rings. The summed E-state index contributed by atoms with van der Waals surface area (Å²) in [5, 5.41) is 20.4. The molecular formula is C23H13F6N3O2. The molecule has 4 rings (SSSR count). The lowest BCUT2D eigenvalue weighted by atomic mass is 10.0. The fourth-order valence-corrected chi connectivity index (χ4v) is 3.16. The van der Waals surface area contributed by atoms with Crippen molar-refractivity contribution in [1.29, 1.82) is 0 Å². The summed E-state index contributed by atoms with van der Waals surface area (Å²) in [5.41, 5.74) is -3.52. The van der Waals surface area contributed by atoms with Crippen molar-refractivity contribution in [1.82, 2.24) is 15.0 Å². The number of halogens is 6. The second-order valence-electron chi connectivity index (χ2n) is 7.14. The van der Waals surface area contributed by atoms with Crippen molar-refractivity contribution in [2.45, 2.75) is 12.4 Å². The molecule has 0 unspecified atom stereocenters. The largest absolute Gasteiger partial charge is 0.507 e. The van der Waals surface area contributed by atoms with Gasteiger partial charge in [0.1, 0.15) is 11.5 Å². The molecule has 11 heteroatoms. The summed E-state index contributed by atoms with van der Waals surface area (Å²) < 4.78 is 80.2. The van der Waals surface area contributed by atoms with Crippen LogP contribution in [0.1, 0.15) is 11.1 Å². The molecule has 0 atom stereocenters. The third kappa shape index (κ3) is 4.63. The van der Waals surface area contributed by atoms with E-state index in [9.17, 15) is 36.6 Å². The predicted molar refractivity (Wildman–Crippen MR) is 109 cm³/mol. The van der Waals surface area contributed by atoms with E-state index in [1.165, 1.54) is 48.5 Å². The van der Waals surface area contributed by atoms with E-state index in [4.69, 9.17) is 0 Å². The van der Waals surface area contributed by atoms with Gasteiger partial charge in [-0.3, -0.25) is 0 Å². The zero-order valence-corrected chi connectivity index (χ0v) is 16.9. The summed E-state index contributed by atoms with van der Waals surface area (Å²) in [6.45, 7) is 0. The number of phenols is 2. The Bertz CT molecular complexity index is 1270. The van der Waals surface area contributed by atoms with Gasteiger partial charge in [-0.25, -0.2) is 15.0 Å². The number of hydrogen-bond donors (Lipinski definition) is 2. The van der Waals surface area contributed by atoms with E-state index in [-0.39, 0.29) is 40.3 Å². The Hall–Kier alpha value is -4.15. The molecule has 0 aliphatic rings. The minimum Gasteiger partial charge on any atom is -0.507 e. The van der Waals surface area contributed by atoms with E-state index in [1.807, 2.05) is 0 Å². The van der Waals surface area contributed by atoms with Crippen molar-refractivity contribution in [3.05, 3.63) is 77.9 Å². The van der Waals surface area contributed by atoms with Gasteiger partial charge in [0.15, 0.2) is 17.5 Å². The molecule has 0 amide bonds. The molecule has 3 aromatic carbocycles. The summed E-state index contributed by atoms with van der Waals surface area (Å²) in [6, 6.07) is 12.5. The normalized spacial score (nSPS) is 12.1. The fourth-order valence-electron chi connectivity index (χ4n) is 3.16. The van der Waals surface area contributed by atoms with Gasteiger partial charge in [-0.1, -0.05) is 24.3 Å². The van der Waals surface area contributed by atoms with Crippen molar-refractivity contribution >= 4 is 0 Å². The van der Waals surface area contributed by atoms with Crippen LogP contribution in [0.15, 0.2) is 66.7 Å². The number of aromatic nitrogens is 3. The molecule has 1 heterocycles. The third-order valence-electron chi connectivity index (χ3n) is 4.77. The highest BCUT2D eigenvalue weighted by Crippen LogP contribution is 2.39. The van der Waals surface area contributed by atoms with Crippen LogP contribution in [-0.2, 0) is 12.4 Å². The summed E-state index contributed by atoms with van der Waals surface area (Å²) in [7, 11) is 0. The summed E-state index contributed by atoms with van der Waals surface area (Å²) >= 11 is 0. The van der Waals surface area contributed by atoms with Gasteiger partial charge in [0, 0.05) is 5.56 Å². The Morgan fingerprint density at radius 2 is 0.912 bits per heavy atom. The molecule has 2 N–H and O–H groups in total. The number of benzene rings is 3. The van der Waals surface area contributed by atoms with Gasteiger partial charge in [-0.05, 0) is 42.5 Å². The van der Waals surface area contributed by atoms with Gasteiger partial charge >= 0.3 is 12.4 Å². The second-order valence-corrected chi connectivity index (χ2v) is 7.14. The lowest BCUT2D eigenvalue weighted by Gasteiger charge is -2.15. The molecular weight excluding hydrogens is 464 g/mol. The van der Waals surface area contributed by atoms with Gasteiger partial charge in [0.05, 0.1) is 22.3 Å². The third-order valence-corrected chi connectivity index (χ3v) is 4.77. The number of hydrogen-bond acceptors (Lipinski definition) is 5. The number of rotatable bonds is 3. The number of para-hydroxylation sites is 2. The standard InChI is InChI=1S/C23H13F6N3O2/c24-22(25,26)13-9-12(10-14(11-13)23(27,28)29)19-30-20(15-5-1-3-7-17(15)33)32-21(31-19)16-6-2-4-8-18(16)34/h1-11,33-34H. The molecule has 0 aliphatic heterocycles. The molecule has 34 heavy (non-hydrogen) atoms. The van der Waals surface area contributed by atoms with Gasteiger partial charge in [-0.2, -0.15) is 26.3 Å². The Morgan fingerprint density at radius 3 is 1.29 bits per heavy atom. The minimum atomic E-state index is -5.07. The van der Waals surface area contributed by atoms with Crippen molar-refractivity contribution in [2.24, 2.45) is 0 Å². The Morgan fingerprint density at radius 1 is 0.529 bits per heavy atom. The molecule has 1 aromatic heterocycles. The van der Waals surface area contributed by atoms with Crippen LogP contribution in [0.3, 0.4) is 0 Å². The van der Waals surface area contributed by atoms with Crippen LogP contribution in [0.4, 0.5) is 26.3 Å². The molecule has 0 saturated carbocycles. The molecule has 4 aromatic rings. The van der Waals surface area contributed by atoms with Crippen LogP contribution in [0.5, 0.6) is 11.5 Å². The predicted octanol–water partition coefficient (Wildman–Crippen LogP) is 6.32. The zero-order valence-electron chi connectivity index (χ0n) is 16.9. The number of alkyl halides is 6. The second kappa shape index (κ2) is 8.32. The Kier molecular flexibility index (Phi) is 5.64. The maximum atomic E-state index is 13.4. The van der Waals surface area contributed by atoms with Crippen molar-refractivity contribution in [3.63, 3.8) is 0 Å². The first-order chi connectivity index (χ1) is 15.9. The summed E-state index contributed by atoms with van der Waals surface area (Å²) in [4.78, 5) is 12.3. The molecule has 0 saturated heterocycles. The highest BCUT2D eigenvalue weighted by molar-refractivity contribution is 5.72. The van der Waals surface area contributed by atoms with E-state index in [1.54, 1.807) is 0 Å². The smallest absolute Gasteiger partial charge is 0.416 e. The summed E-state index contributed by atoms with van der Waals surface area (Å²) in [5.74, 6) is -1.49. The first-order valence-corrected chi connectivity index (χ1v) is 9.56. The lowest BCUT2D eigenvalue weighted by molar-refractivity contribution is -0.143. The van der Waals surface area contributed by atoms with Crippen molar-refractivity contribution in [3.8, 4) is 45.7 Å². The summed E-state index contributed by atoms with van der Waals surface area (Å²) in [6.07, 6.45) is -10.1. The highest BCUT2D eigenvalue weighted by Gasteiger charge is 2.37. The van der Waals surface area contributed by atoms with Crippen LogP contribution in [0.25, 0.3) is 34.2 Å². The molecule has 0 spiro atoms. The average Bonchev–Trinajstić information content (AvgIpc) is 2.78. The van der Waals surface area contributed by atoms with Gasteiger partial charge < -0.3 is 10.2 Å². The van der Waals surface area contributed by atoms with Crippen molar-refractivity contribution in [2.75, 3.05) is 0 Å². The number of aromatic hydroxyl groups is 2. The van der Waals surface area contributed by atoms with Crippen LogP contribution in [0, 0.1) is 0 Å². The van der Waals surface area contributed by atoms with Crippen LogP contribution < -0.4 is 0 Å². The lowest BCUT2D eigenvalue weighted by Crippen LogP contribution is -2.11. The van der Waals surface area contributed by atoms with E-state index in [0.717, 1.165) is 0 Å². The van der Waals surface area contributed by atoms with Gasteiger partial charge in [0.2, 0.25) is 0 Å². The first-order valence-electron chi connectivity index (χ1n) is 9.56. The average molecular weight is 477 g/mol. The van der Waals surface area contributed by atoms with E-state index in [2.05, 4.69) is 15.0 Å². The molecule has 0 bridgehead atoms. The molecule has 5 nitrogen and oxygen atoms in total. The maximum Gasteiger partial charge on any atom is 0.416 e. The quantitative estimate of drug-likeness (QED) is 0.338. The van der Waals surface area contributed by atoms with Crippen LogP contribution >= 0.6 is 0 Å². The number of phenolic OH excluding ortho intramolecular Hbond substituents is 2. The topological polar surface area (TPSA) is 79.1 Å². The van der Waals surface area contributed by atoms with Crippen molar-refractivity contribution < 1.29 is 36.6 Å². The SMILES string of the molecule is Oc1ccccc1-c1nc(-c2cc(C(F)(F)F)cc(C(F)(F)F)c2)nc(-c2ccccc2O)n1. The Balaban J connectivity index is 2.02.